The van der Waals surface area contributed by atoms with Crippen LogP contribution in [0.1, 0.15) is 41.4 Å². The van der Waals surface area contributed by atoms with Crippen molar-refractivity contribution >= 4 is 11.5 Å². The standard InChI is InChI=1S/C27H29N5O/c28-25-23-11-5-4-7-20(23)17-27(25)12-15-32(16-13-27)26-24(19-33)31-22(18-30-26)10-6-14-29-21-8-2-1-3-9-21/h1-5,7-9,11,18,25,29,33H,12-17,19,28H2. The van der Waals surface area contributed by atoms with Gasteiger partial charge in [-0.15, -0.1) is 0 Å². The molecular formula is C27H29N5O. The summed E-state index contributed by atoms with van der Waals surface area (Å²) in [6.45, 7) is 2.07. The Balaban J connectivity index is 1.24. The van der Waals surface area contributed by atoms with Crippen LogP contribution in [0.15, 0.2) is 60.8 Å². The van der Waals surface area contributed by atoms with Crippen molar-refractivity contribution < 1.29 is 5.11 Å². The summed E-state index contributed by atoms with van der Waals surface area (Å²) in [5.74, 6) is 6.87. The number of para-hydroxylation sites is 1. The summed E-state index contributed by atoms with van der Waals surface area (Å²) in [7, 11) is 0. The maximum atomic E-state index is 9.95. The third-order valence-electron chi connectivity index (χ3n) is 6.99. The monoisotopic (exact) mass is 439 g/mol. The molecule has 33 heavy (non-hydrogen) atoms. The highest BCUT2D eigenvalue weighted by Crippen LogP contribution is 2.50. The van der Waals surface area contributed by atoms with Crippen LogP contribution in [0, 0.1) is 17.3 Å². The lowest BCUT2D eigenvalue weighted by atomic mass is 9.73. The molecule has 1 aliphatic carbocycles. The Bertz CT molecular complexity index is 1180. The van der Waals surface area contributed by atoms with Crippen molar-refractivity contribution in [2.24, 2.45) is 11.1 Å². The van der Waals surface area contributed by atoms with Gasteiger partial charge in [-0.25, -0.2) is 9.97 Å². The minimum atomic E-state index is -0.160. The second-order valence-electron chi connectivity index (χ2n) is 8.91. The number of nitrogens with one attached hydrogen (secondary N) is 1. The van der Waals surface area contributed by atoms with E-state index < -0.39 is 0 Å². The summed E-state index contributed by atoms with van der Waals surface area (Å²) >= 11 is 0. The molecule has 0 saturated carbocycles. The van der Waals surface area contributed by atoms with Crippen LogP contribution in [0.3, 0.4) is 0 Å². The minimum Gasteiger partial charge on any atom is -0.390 e. The van der Waals surface area contributed by atoms with Gasteiger partial charge in [0.2, 0.25) is 0 Å². The smallest absolute Gasteiger partial charge is 0.152 e. The zero-order valence-corrected chi connectivity index (χ0v) is 18.7. The Kier molecular flexibility index (Phi) is 5.99. The average Bonchev–Trinajstić information content (AvgIpc) is 3.14. The number of piperidine rings is 1. The van der Waals surface area contributed by atoms with Crippen LogP contribution in [0.2, 0.25) is 0 Å². The first-order valence-corrected chi connectivity index (χ1v) is 11.5. The van der Waals surface area contributed by atoms with E-state index in [1.165, 1.54) is 11.1 Å². The van der Waals surface area contributed by atoms with E-state index in [0.717, 1.165) is 43.9 Å². The molecule has 6 heteroatoms. The third kappa shape index (κ3) is 4.30. The van der Waals surface area contributed by atoms with Crippen molar-refractivity contribution in [1.29, 1.82) is 0 Å². The number of fused-ring (bicyclic) bond motifs is 1. The van der Waals surface area contributed by atoms with Crippen molar-refractivity contribution in [2.75, 3.05) is 29.9 Å². The summed E-state index contributed by atoms with van der Waals surface area (Å²) in [6, 6.07) is 18.6. The molecule has 5 rings (SSSR count). The number of anilines is 2. The van der Waals surface area contributed by atoms with E-state index in [2.05, 4.69) is 56.3 Å². The van der Waals surface area contributed by atoms with Crippen LogP contribution in [0.4, 0.5) is 11.5 Å². The highest BCUT2D eigenvalue weighted by molar-refractivity contribution is 5.48. The second-order valence-corrected chi connectivity index (χ2v) is 8.91. The van der Waals surface area contributed by atoms with E-state index in [0.29, 0.717) is 17.9 Å². The van der Waals surface area contributed by atoms with Crippen molar-refractivity contribution in [3.63, 3.8) is 0 Å². The number of aromatic nitrogens is 2. The van der Waals surface area contributed by atoms with Crippen molar-refractivity contribution in [1.82, 2.24) is 9.97 Å². The first-order chi connectivity index (χ1) is 16.2. The zero-order valence-electron chi connectivity index (χ0n) is 18.7. The number of aliphatic hydroxyl groups is 1. The van der Waals surface area contributed by atoms with Crippen LogP contribution in [0.25, 0.3) is 0 Å². The zero-order chi connectivity index (χ0) is 22.7. The molecule has 4 N–H and O–H groups in total. The minimum absolute atomic E-state index is 0.0846. The number of benzene rings is 2. The van der Waals surface area contributed by atoms with Crippen LogP contribution in [-0.2, 0) is 13.0 Å². The second kappa shape index (κ2) is 9.22. The molecule has 6 nitrogen and oxygen atoms in total. The molecule has 1 aromatic heterocycles. The van der Waals surface area contributed by atoms with Crippen molar-refractivity contribution in [3.8, 4) is 11.8 Å². The largest absolute Gasteiger partial charge is 0.390 e. The molecule has 0 amide bonds. The van der Waals surface area contributed by atoms with Gasteiger partial charge in [-0.05, 0) is 53.9 Å². The predicted octanol–water partition coefficient (Wildman–Crippen LogP) is 3.28. The van der Waals surface area contributed by atoms with Gasteiger partial charge in [-0.3, -0.25) is 0 Å². The molecule has 2 aliphatic rings. The van der Waals surface area contributed by atoms with E-state index in [1.807, 2.05) is 30.3 Å². The highest BCUT2D eigenvalue weighted by Gasteiger charge is 2.46. The lowest BCUT2D eigenvalue weighted by molar-refractivity contribution is 0.186. The van der Waals surface area contributed by atoms with E-state index in [4.69, 9.17) is 5.73 Å². The molecule has 1 saturated heterocycles. The number of rotatable bonds is 4. The van der Waals surface area contributed by atoms with E-state index in [-0.39, 0.29) is 18.1 Å². The molecular weight excluding hydrogens is 410 g/mol. The Labute approximate surface area is 194 Å². The Morgan fingerprint density at radius 2 is 1.85 bits per heavy atom. The summed E-state index contributed by atoms with van der Waals surface area (Å²) in [5, 5.41) is 13.2. The SMILES string of the molecule is NC1c2ccccc2CC12CCN(c1ncc(C#CCNc3ccccc3)nc1CO)CC2. The topological polar surface area (TPSA) is 87.3 Å². The summed E-state index contributed by atoms with van der Waals surface area (Å²) in [6.07, 6.45) is 4.75. The number of hydrogen-bond donors (Lipinski definition) is 3. The van der Waals surface area contributed by atoms with Gasteiger partial charge in [0.15, 0.2) is 5.82 Å². The highest BCUT2D eigenvalue weighted by atomic mass is 16.3. The van der Waals surface area contributed by atoms with Gasteiger partial charge in [-0.1, -0.05) is 48.4 Å². The fourth-order valence-corrected chi connectivity index (χ4v) is 5.16. The Hall–Kier alpha value is -3.40. The average molecular weight is 440 g/mol. The molecule has 1 unspecified atom stereocenters. The lowest BCUT2D eigenvalue weighted by Gasteiger charge is -2.42. The Morgan fingerprint density at radius 3 is 2.61 bits per heavy atom. The molecule has 2 heterocycles. The lowest BCUT2D eigenvalue weighted by Crippen LogP contribution is -2.45. The van der Waals surface area contributed by atoms with Crippen LogP contribution in [0.5, 0.6) is 0 Å². The molecule has 168 valence electrons. The Morgan fingerprint density at radius 1 is 1.09 bits per heavy atom. The molecule has 2 aromatic carbocycles. The first kappa shape index (κ1) is 21.4. The normalized spacial score (nSPS) is 18.5. The van der Waals surface area contributed by atoms with Gasteiger partial charge in [0, 0.05) is 24.8 Å². The van der Waals surface area contributed by atoms with Crippen LogP contribution < -0.4 is 16.0 Å². The fraction of sp³-hybridized carbons (Fsp3) is 0.333. The number of hydrogen-bond acceptors (Lipinski definition) is 6. The quantitative estimate of drug-likeness (QED) is 0.541. The van der Waals surface area contributed by atoms with Crippen molar-refractivity contribution in [2.45, 2.75) is 31.9 Å². The maximum absolute atomic E-state index is 9.95. The van der Waals surface area contributed by atoms with Crippen LogP contribution in [-0.4, -0.2) is 34.7 Å². The third-order valence-corrected chi connectivity index (χ3v) is 6.99. The van der Waals surface area contributed by atoms with Gasteiger partial charge in [-0.2, -0.15) is 0 Å². The number of nitrogens with two attached hydrogens (primary N) is 1. The van der Waals surface area contributed by atoms with E-state index >= 15 is 0 Å². The molecule has 0 bridgehead atoms. The van der Waals surface area contributed by atoms with Gasteiger partial charge in [0.25, 0.3) is 0 Å². The fourth-order valence-electron chi connectivity index (χ4n) is 5.16. The predicted molar refractivity (Wildman–Crippen MR) is 131 cm³/mol. The van der Waals surface area contributed by atoms with Gasteiger partial charge in [0.05, 0.1) is 19.3 Å². The molecule has 1 fully saturated rings. The van der Waals surface area contributed by atoms with E-state index in [9.17, 15) is 5.11 Å². The molecule has 1 atom stereocenters. The van der Waals surface area contributed by atoms with Gasteiger partial charge >= 0.3 is 0 Å². The summed E-state index contributed by atoms with van der Waals surface area (Å²) in [4.78, 5) is 11.4. The van der Waals surface area contributed by atoms with E-state index in [1.54, 1.807) is 6.20 Å². The summed E-state index contributed by atoms with van der Waals surface area (Å²) < 4.78 is 0. The molecule has 1 spiro atoms. The summed E-state index contributed by atoms with van der Waals surface area (Å²) in [5.41, 5.74) is 11.7. The first-order valence-electron chi connectivity index (χ1n) is 11.5. The van der Waals surface area contributed by atoms with Crippen molar-refractivity contribution in [3.05, 3.63) is 83.3 Å². The number of aliphatic hydroxyl groups excluding tert-OH is 1. The van der Waals surface area contributed by atoms with Gasteiger partial charge in [0.1, 0.15) is 11.4 Å². The molecule has 0 radical (unpaired) electrons. The molecule has 3 aromatic rings. The van der Waals surface area contributed by atoms with Gasteiger partial charge < -0.3 is 21.1 Å². The van der Waals surface area contributed by atoms with Crippen LogP contribution >= 0.6 is 0 Å². The number of nitrogens with zero attached hydrogens (tertiary/aromatic N) is 3. The maximum Gasteiger partial charge on any atom is 0.152 e. The molecule has 1 aliphatic heterocycles.